The first-order valence-corrected chi connectivity index (χ1v) is 6.90. The number of ether oxygens (including phenoxy) is 2. The van der Waals surface area contributed by atoms with Crippen LogP contribution in [0, 0.1) is 0 Å². The van der Waals surface area contributed by atoms with Crippen molar-refractivity contribution in [1.82, 2.24) is 4.90 Å². The van der Waals surface area contributed by atoms with E-state index in [2.05, 4.69) is 11.3 Å². The molecule has 1 unspecified atom stereocenters. The molecule has 0 radical (unpaired) electrons. The number of carbonyl (C=O) groups excluding carboxylic acids is 1. The maximum absolute atomic E-state index is 12.5. The molecule has 1 aromatic rings. The molecule has 2 rings (SSSR count). The minimum Gasteiger partial charge on any atom is -0.486 e. The molecule has 1 amide bonds. The molecule has 24 heavy (non-hydrogen) atoms. The summed E-state index contributed by atoms with van der Waals surface area (Å²) in [7, 11) is 0. The predicted molar refractivity (Wildman–Crippen MR) is 75.9 cm³/mol. The summed E-state index contributed by atoms with van der Waals surface area (Å²) in [5, 5.41) is 8.95. The van der Waals surface area contributed by atoms with Gasteiger partial charge in [0.25, 0.3) is 5.91 Å². The molecule has 1 saturated heterocycles. The minimum absolute atomic E-state index is 0.0469. The Hall–Kier alpha value is -2.71. The number of rotatable bonds is 6. The third-order valence-electron chi connectivity index (χ3n) is 3.34. The van der Waals surface area contributed by atoms with Gasteiger partial charge in [-0.1, -0.05) is 12.7 Å². The summed E-state index contributed by atoms with van der Waals surface area (Å²) in [6, 6.07) is 2.32. The highest BCUT2D eigenvalue weighted by Gasteiger charge is 2.38. The Balaban J connectivity index is 2.27. The van der Waals surface area contributed by atoms with E-state index in [0.717, 1.165) is 17.0 Å². The highest BCUT2D eigenvalue weighted by Crippen LogP contribution is 2.34. The van der Waals surface area contributed by atoms with E-state index < -0.39 is 30.0 Å². The summed E-state index contributed by atoms with van der Waals surface area (Å²) in [5.74, 6) is -2.73. The van der Waals surface area contributed by atoms with Crippen molar-refractivity contribution in [2.24, 2.45) is 0 Å². The topological polar surface area (TPSA) is 76.1 Å². The molecule has 1 aliphatic rings. The van der Waals surface area contributed by atoms with Gasteiger partial charge in [-0.25, -0.2) is 4.79 Å². The molecule has 1 aliphatic heterocycles. The number of halogens is 3. The standard InChI is InChI=1S/C15H14F3NO5/c1-2-7-23-11-4-3-9(8-12(11)24-15(16,17)18)13(20)19-6-5-10(19)14(21)22/h2-4,8,10H,1,5-7H2,(H,21,22). The highest BCUT2D eigenvalue weighted by atomic mass is 19.4. The van der Waals surface area contributed by atoms with E-state index in [-0.39, 0.29) is 24.5 Å². The number of carboxylic acids is 1. The van der Waals surface area contributed by atoms with Gasteiger partial charge in [0.2, 0.25) is 0 Å². The van der Waals surface area contributed by atoms with Crippen LogP contribution in [0.15, 0.2) is 30.9 Å². The SMILES string of the molecule is C=CCOc1ccc(C(=O)N2CCC2C(=O)O)cc1OC(F)(F)F. The van der Waals surface area contributed by atoms with Crippen LogP contribution in [-0.4, -0.2) is 47.4 Å². The second-order valence-corrected chi connectivity index (χ2v) is 4.95. The van der Waals surface area contributed by atoms with Crippen molar-refractivity contribution in [3.05, 3.63) is 36.4 Å². The molecule has 0 spiro atoms. The summed E-state index contributed by atoms with van der Waals surface area (Å²) < 4.78 is 46.5. The number of carbonyl (C=O) groups is 2. The van der Waals surface area contributed by atoms with Gasteiger partial charge >= 0.3 is 12.3 Å². The Morgan fingerprint density at radius 2 is 2.08 bits per heavy atom. The number of aliphatic carboxylic acids is 1. The zero-order valence-electron chi connectivity index (χ0n) is 12.4. The number of benzene rings is 1. The van der Waals surface area contributed by atoms with E-state index in [1.165, 1.54) is 12.1 Å². The average Bonchev–Trinajstić information content (AvgIpc) is 2.42. The highest BCUT2D eigenvalue weighted by molar-refractivity contribution is 5.98. The molecule has 1 N–H and O–H groups in total. The van der Waals surface area contributed by atoms with Crippen molar-refractivity contribution in [2.45, 2.75) is 18.8 Å². The van der Waals surface area contributed by atoms with Gasteiger partial charge < -0.3 is 19.5 Å². The monoisotopic (exact) mass is 345 g/mol. The molecule has 130 valence electrons. The van der Waals surface area contributed by atoms with Crippen molar-refractivity contribution in [2.75, 3.05) is 13.2 Å². The van der Waals surface area contributed by atoms with Gasteiger partial charge in [-0.05, 0) is 24.6 Å². The number of carboxylic acid groups (broad SMARTS) is 1. The average molecular weight is 345 g/mol. The van der Waals surface area contributed by atoms with E-state index in [1.54, 1.807) is 0 Å². The summed E-state index contributed by atoms with van der Waals surface area (Å²) >= 11 is 0. The maximum Gasteiger partial charge on any atom is 0.573 e. The molecular weight excluding hydrogens is 331 g/mol. The maximum atomic E-state index is 12.5. The molecule has 1 fully saturated rings. The summed E-state index contributed by atoms with van der Waals surface area (Å²) in [6.45, 7) is 3.56. The van der Waals surface area contributed by atoms with Crippen molar-refractivity contribution in [3.63, 3.8) is 0 Å². The Morgan fingerprint density at radius 1 is 1.38 bits per heavy atom. The summed E-state index contributed by atoms with van der Waals surface area (Å²) in [4.78, 5) is 24.3. The lowest BCUT2D eigenvalue weighted by Gasteiger charge is -2.38. The van der Waals surface area contributed by atoms with Crippen LogP contribution in [0.25, 0.3) is 0 Å². The number of amides is 1. The number of nitrogens with zero attached hydrogens (tertiary/aromatic N) is 1. The molecular formula is C15H14F3NO5. The number of hydrogen-bond donors (Lipinski definition) is 1. The first kappa shape index (κ1) is 17.6. The van der Waals surface area contributed by atoms with Crippen LogP contribution < -0.4 is 9.47 Å². The fraction of sp³-hybridized carbons (Fsp3) is 0.333. The second-order valence-electron chi connectivity index (χ2n) is 4.95. The fourth-order valence-electron chi connectivity index (χ4n) is 2.17. The first-order valence-electron chi connectivity index (χ1n) is 6.90. The van der Waals surface area contributed by atoms with E-state index in [4.69, 9.17) is 9.84 Å². The summed E-state index contributed by atoms with van der Waals surface area (Å²) in [6.07, 6.45) is -3.32. The molecule has 0 aliphatic carbocycles. The van der Waals surface area contributed by atoms with E-state index in [1.807, 2.05) is 0 Å². The Labute approximate surface area is 135 Å². The molecule has 1 atom stereocenters. The Bertz CT molecular complexity index is 659. The van der Waals surface area contributed by atoms with Crippen LogP contribution in [0.4, 0.5) is 13.2 Å². The molecule has 0 aromatic heterocycles. The minimum atomic E-state index is -4.96. The van der Waals surface area contributed by atoms with Gasteiger partial charge in [0.05, 0.1) is 0 Å². The molecule has 0 bridgehead atoms. The Morgan fingerprint density at radius 3 is 2.58 bits per heavy atom. The molecule has 1 aromatic carbocycles. The first-order chi connectivity index (χ1) is 11.2. The van der Waals surface area contributed by atoms with Gasteiger partial charge in [-0.3, -0.25) is 4.79 Å². The van der Waals surface area contributed by atoms with Gasteiger partial charge in [0.1, 0.15) is 12.6 Å². The van der Waals surface area contributed by atoms with Gasteiger partial charge in [-0.15, -0.1) is 13.2 Å². The van der Waals surface area contributed by atoms with Gasteiger partial charge in [0, 0.05) is 12.1 Å². The lowest BCUT2D eigenvalue weighted by atomic mass is 10.0. The predicted octanol–water partition coefficient (Wildman–Crippen LogP) is 2.45. The number of likely N-dealkylation sites (tertiary alicyclic amines) is 1. The van der Waals surface area contributed by atoms with E-state index in [0.29, 0.717) is 6.42 Å². The zero-order chi connectivity index (χ0) is 17.9. The zero-order valence-corrected chi connectivity index (χ0v) is 12.4. The van der Waals surface area contributed by atoms with E-state index >= 15 is 0 Å². The number of alkyl halides is 3. The van der Waals surface area contributed by atoms with Crippen LogP contribution in [0.1, 0.15) is 16.8 Å². The van der Waals surface area contributed by atoms with Gasteiger partial charge in [-0.2, -0.15) is 0 Å². The largest absolute Gasteiger partial charge is 0.573 e. The van der Waals surface area contributed by atoms with Crippen molar-refractivity contribution < 1.29 is 37.3 Å². The fourth-order valence-corrected chi connectivity index (χ4v) is 2.17. The summed E-state index contributed by atoms with van der Waals surface area (Å²) in [5.41, 5.74) is -0.119. The van der Waals surface area contributed by atoms with Gasteiger partial charge in [0.15, 0.2) is 11.5 Å². The van der Waals surface area contributed by atoms with Crippen molar-refractivity contribution >= 4 is 11.9 Å². The second kappa shape index (κ2) is 6.81. The van der Waals surface area contributed by atoms with E-state index in [9.17, 15) is 22.8 Å². The van der Waals surface area contributed by atoms with Crippen molar-refractivity contribution in [3.8, 4) is 11.5 Å². The van der Waals surface area contributed by atoms with Crippen LogP contribution >= 0.6 is 0 Å². The third-order valence-corrected chi connectivity index (χ3v) is 3.34. The smallest absolute Gasteiger partial charge is 0.486 e. The van der Waals surface area contributed by atoms with Crippen LogP contribution in [-0.2, 0) is 4.79 Å². The quantitative estimate of drug-likeness (QED) is 0.802. The van der Waals surface area contributed by atoms with Crippen LogP contribution in [0.2, 0.25) is 0 Å². The third kappa shape index (κ3) is 3.98. The molecule has 0 saturated carbocycles. The Kier molecular flexibility index (Phi) is 5.01. The molecule has 1 heterocycles. The molecule has 9 heteroatoms. The lowest BCUT2D eigenvalue weighted by molar-refractivity contribution is -0.275. The molecule has 6 nitrogen and oxygen atoms in total. The normalized spacial score (nSPS) is 17.0. The van der Waals surface area contributed by atoms with Crippen molar-refractivity contribution in [1.29, 1.82) is 0 Å². The van der Waals surface area contributed by atoms with Crippen LogP contribution in [0.5, 0.6) is 11.5 Å². The van der Waals surface area contributed by atoms with Crippen LogP contribution in [0.3, 0.4) is 0 Å². The number of hydrogen-bond acceptors (Lipinski definition) is 4. The lowest BCUT2D eigenvalue weighted by Crippen LogP contribution is -2.55.